The van der Waals surface area contributed by atoms with Gasteiger partial charge in [0.15, 0.2) is 0 Å². The summed E-state index contributed by atoms with van der Waals surface area (Å²) in [5.41, 5.74) is 3.36. The number of hydrogen-bond acceptors (Lipinski definition) is 6. The van der Waals surface area contributed by atoms with E-state index in [4.69, 9.17) is 0 Å². The smallest absolute Gasteiger partial charge is 0.144 e. The van der Waals surface area contributed by atoms with Crippen molar-refractivity contribution in [2.24, 2.45) is 0 Å². The molecule has 2 rings (SSSR count). The molecule has 0 aromatic carbocycles. The lowest BCUT2D eigenvalue weighted by Crippen LogP contribution is -1.53. The first kappa shape index (κ1) is 6.81. The summed E-state index contributed by atoms with van der Waals surface area (Å²) in [6, 6.07) is 0. The van der Waals surface area contributed by atoms with Crippen LogP contribution in [0.4, 0.5) is 0 Å². The van der Waals surface area contributed by atoms with Crippen LogP contribution in [-0.4, -0.2) is 20.6 Å². The molecule has 52 valence electrons. The summed E-state index contributed by atoms with van der Waals surface area (Å²) in [4.78, 5) is 0. The second kappa shape index (κ2) is 4.57. The van der Waals surface area contributed by atoms with Gasteiger partial charge in [-0.25, -0.2) is 0 Å². The lowest BCUT2D eigenvalue weighted by molar-refractivity contribution is 0.393. The van der Waals surface area contributed by atoms with Crippen molar-refractivity contribution >= 4 is 11.3 Å². The van der Waals surface area contributed by atoms with Crippen molar-refractivity contribution in [3.05, 3.63) is 23.5 Å². The fraction of sp³-hybridized carbons (Fsp3) is 0. The molecule has 5 nitrogen and oxygen atoms in total. The third-order valence-electron chi connectivity index (χ3n) is 0.565. The molecule has 0 aliphatic carbocycles. The molecule has 0 N–H and O–H groups in total. The zero-order chi connectivity index (χ0) is 7.07. The number of hydrogen-bond donors (Lipinski definition) is 0. The maximum absolute atomic E-state index is 4.22. The van der Waals surface area contributed by atoms with Gasteiger partial charge in [0.2, 0.25) is 0 Å². The Hall–Kier alpha value is -1.30. The van der Waals surface area contributed by atoms with Crippen molar-refractivity contribution in [3.63, 3.8) is 0 Å². The van der Waals surface area contributed by atoms with Crippen LogP contribution >= 0.6 is 11.3 Å². The Morgan fingerprint density at radius 2 is 1.90 bits per heavy atom. The molecule has 0 unspecified atom stereocenters. The summed E-state index contributed by atoms with van der Waals surface area (Å²) in [6.45, 7) is 0. The summed E-state index contributed by atoms with van der Waals surface area (Å²) in [5, 5.41) is 13.4. The van der Waals surface area contributed by atoms with Gasteiger partial charge in [0.1, 0.15) is 17.3 Å². The first-order valence-electron chi connectivity index (χ1n) is 2.40. The van der Waals surface area contributed by atoms with E-state index in [0.717, 1.165) is 0 Å². The van der Waals surface area contributed by atoms with E-state index in [2.05, 4.69) is 25.1 Å². The van der Waals surface area contributed by atoms with Gasteiger partial charge in [-0.2, -0.15) is 0 Å². The van der Waals surface area contributed by atoms with Crippen molar-refractivity contribution in [3.8, 4) is 0 Å². The monoisotopic (exact) mass is 156 g/mol. The fourth-order valence-electron chi connectivity index (χ4n) is 0.272. The SMILES string of the molecule is c1conn1.c1nncs1. The van der Waals surface area contributed by atoms with Crippen LogP contribution in [0.25, 0.3) is 0 Å². The van der Waals surface area contributed by atoms with E-state index in [1.54, 1.807) is 11.0 Å². The molecule has 0 bridgehead atoms. The summed E-state index contributed by atoms with van der Waals surface area (Å²) < 4.78 is 4.22. The van der Waals surface area contributed by atoms with Crippen LogP contribution in [-0.2, 0) is 0 Å². The van der Waals surface area contributed by atoms with Gasteiger partial charge in [0, 0.05) is 5.27 Å². The van der Waals surface area contributed by atoms with Crippen molar-refractivity contribution < 1.29 is 4.52 Å². The van der Waals surface area contributed by atoms with Crippen LogP contribution in [0, 0.1) is 0 Å². The molecule has 2 heterocycles. The largest absolute Gasteiger partial charge is 0.346 e. The first-order valence-corrected chi connectivity index (χ1v) is 3.34. The third-order valence-corrected chi connectivity index (χ3v) is 0.997. The minimum absolute atomic E-state index is 1.40. The highest BCUT2D eigenvalue weighted by Crippen LogP contribution is 1.80. The van der Waals surface area contributed by atoms with Crippen LogP contribution < -0.4 is 0 Å². The molecule has 0 aliphatic heterocycles. The van der Waals surface area contributed by atoms with Crippen molar-refractivity contribution in [1.29, 1.82) is 0 Å². The second-order valence-corrected chi connectivity index (χ2v) is 1.86. The Kier molecular flexibility index (Phi) is 3.11. The third kappa shape index (κ3) is 2.88. The topological polar surface area (TPSA) is 64.7 Å². The maximum atomic E-state index is 4.22. The molecule has 2 aromatic rings. The average Bonchev–Trinajstić information content (AvgIpc) is 2.67. The number of nitrogens with zero attached hydrogens (tertiary/aromatic N) is 4. The molecule has 0 spiro atoms. The molecular weight excluding hydrogens is 152 g/mol. The molecule has 10 heavy (non-hydrogen) atoms. The Balaban J connectivity index is 0.0000001000. The van der Waals surface area contributed by atoms with E-state index >= 15 is 0 Å². The zero-order valence-electron chi connectivity index (χ0n) is 4.91. The summed E-state index contributed by atoms with van der Waals surface area (Å²) in [5.74, 6) is 0. The van der Waals surface area contributed by atoms with E-state index in [1.807, 2.05) is 0 Å². The Morgan fingerprint density at radius 3 is 2.10 bits per heavy atom. The highest BCUT2D eigenvalue weighted by atomic mass is 32.1. The van der Waals surface area contributed by atoms with Gasteiger partial charge in [0.25, 0.3) is 0 Å². The lowest BCUT2D eigenvalue weighted by atomic mass is 11.0. The molecule has 0 saturated carbocycles. The van der Waals surface area contributed by atoms with E-state index in [0.29, 0.717) is 0 Å². The fourth-order valence-corrected chi connectivity index (χ4v) is 0.544. The van der Waals surface area contributed by atoms with E-state index in [1.165, 1.54) is 23.8 Å². The van der Waals surface area contributed by atoms with Gasteiger partial charge in [-0.05, 0) is 0 Å². The molecule has 0 aliphatic rings. The predicted octanol–water partition coefficient (Wildman–Crippen LogP) is 0.608. The molecule has 0 atom stereocenters. The minimum Gasteiger partial charge on any atom is -0.346 e. The molecule has 0 amide bonds. The Labute approximate surface area is 60.7 Å². The number of rotatable bonds is 0. The van der Waals surface area contributed by atoms with Crippen molar-refractivity contribution in [2.75, 3.05) is 0 Å². The van der Waals surface area contributed by atoms with Crippen LogP contribution in [0.3, 0.4) is 0 Å². The van der Waals surface area contributed by atoms with Gasteiger partial charge in [-0.1, -0.05) is 0 Å². The van der Waals surface area contributed by atoms with E-state index < -0.39 is 0 Å². The van der Waals surface area contributed by atoms with Gasteiger partial charge < -0.3 is 4.52 Å². The van der Waals surface area contributed by atoms with E-state index in [9.17, 15) is 0 Å². The normalized spacial score (nSPS) is 8.00. The van der Waals surface area contributed by atoms with Crippen LogP contribution in [0.15, 0.2) is 28.0 Å². The molecule has 6 heteroatoms. The van der Waals surface area contributed by atoms with E-state index in [-0.39, 0.29) is 0 Å². The average molecular weight is 156 g/mol. The summed E-state index contributed by atoms with van der Waals surface area (Å²) in [7, 11) is 0. The lowest BCUT2D eigenvalue weighted by Gasteiger charge is -1.45. The highest BCUT2D eigenvalue weighted by Gasteiger charge is 1.61. The Morgan fingerprint density at radius 1 is 1.10 bits per heavy atom. The number of aromatic nitrogens is 4. The first-order chi connectivity index (χ1) is 5.00. The van der Waals surface area contributed by atoms with Crippen molar-refractivity contribution in [2.45, 2.75) is 0 Å². The molecule has 0 radical (unpaired) electrons. The van der Waals surface area contributed by atoms with Crippen LogP contribution in [0.2, 0.25) is 0 Å². The highest BCUT2D eigenvalue weighted by molar-refractivity contribution is 7.07. The quantitative estimate of drug-likeness (QED) is 0.559. The second-order valence-electron chi connectivity index (χ2n) is 1.17. The minimum atomic E-state index is 1.40. The van der Waals surface area contributed by atoms with Crippen LogP contribution in [0.5, 0.6) is 0 Å². The molecule has 0 fully saturated rings. The molecule has 2 aromatic heterocycles. The van der Waals surface area contributed by atoms with Gasteiger partial charge in [0.05, 0.1) is 6.20 Å². The zero-order valence-corrected chi connectivity index (χ0v) is 5.73. The standard InChI is InChI=1S/C2H2N2O.C2H2N2S/c1-2-5-4-3-1;1-3-4-2-5-1/h2*1-2H. The predicted molar refractivity (Wildman–Crippen MR) is 34.2 cm³/mol. The maximum Gasteiger partial charge on any atom is 0.144 e. The van der Waals surface area contributed by atoms with Crippen molar-refractivity contribution in [1.82, 2.24) is 20.6 Å². The summed E-state index contributed by atoms with van der Waals surface area (Å²) in [6.07, 6.45) is 2.88. The summed E-state index contributed by atoms with van der Waals surface area (Å²) >= 11 is 1.49. The Bertz CT molecular complexity index is 156. The van der Waals surface area contributed by atoms with Crippen LogP contribution in [0.1, 0.15) is 0 Å². The van der Waals surface area contributed by atoms with Gasteiger partial charge >= 0.3 is 0 Å². The molecule has 0 saturated heterocycles. The molecular formula is C4H4N4OS. The van der Waals surface area contributed by atoms with Gasteiger partial charge in [-0.15, -0.1) is 26.6 Å². The van der Waals surface area contributed by atoms with Gasteiger partial charge in [-0.3, -0.25) is 0 Å².